The van der Waals surface area contributed by atoms with E-state index >= 15 is 0 Å². The molecule has 0 aliphatic carbocycles. The molecular formula is C20H22N2O2S. The minimum absolute atomic E-state index is 0.0996. The molecule has 0 saturated carbocycles. The molecule has 1 N–H and O–H groups in total. The molecule has 5 heteroatoms. The number of likely N-dealkylation sites (tertiary alicyclic amines) is 1. The number of amides is 2. The molecule has 1 atom stereocenters. The van der Waals surface area contributed by atoms with Gasteiger partial charge in [0.2, 0.25) is 5.91 Å². The molecule has 130 valence electrons. The van der Waals surface area contributed by atoms with Crippen molar-refractivity contribution in [2.24, 2.45) is 5.41 Å². The zero-order chi connectivity index (χ0) is 17.4. The number of hydrogen-bond acceptors (Lipinski definition) is 3. The Balaban J connectivity index is 1.53. The minimum Gasteiger partial charge on any atom is -0.355 e. The number of carbonyl (C=O) groups is 2. The molecule has 2 aliphatic rings. The van der Waals surface area contributed by atoms with Crippen molar-refractivity contribution in [3.8, 4) is 0 Å². The summed E-state index contributed by atoms with van der Waals surface area (Å²) in [5.74, 6) is 0.450. The second-order valence-electron chi connectivity index (χ2n) is 7.11. The molecule has 4 rings (SSSR count). The van der Waals surface area contributed by atoms with Gasteiger partial charge >= 0.3 is 0 Å². The SMILES string of the molecule is Cc1csc(C(=O)N2CCC3(CC2)C(=O)NCC3c2ccccc2)c1. The number of piperidine rings is 1. The predicted octanol–water partition coefficient (Wildman–Crippen LogP) is 3.19. The lowest BCUT2D eigenvalue weighted by Gasteiger charge is -2.41. The van der Waals surface area contributed by atoms with Crippen LogP contribution in [0.5, 0.6) is 0 Å². The van der Waals surface area contributed by atoms with Crippen LogP contribution >= 0.6 is 11.3 Å². The van der Waals surface area contributed by atoms with Crippen LogP contribution in [0.1, 0.15) is 39.6 Å². The third-order valence-corrected chi connectivity index (χ3v) is 6.71. The Hall–Kier alpha value is -2.14. The minimum atomic E-state index is -0.372. The van der Waals surface area contributed by atoms with E-state index in [1.807, 2.05) is 41.5 Å². The number of nitrogens with one attached hydrogen (secondary N) is 1. The molecule has 1 unspecified atom stereocenters. The molecule has 25 heavy (non-hydrogen) atoms. The second-order valence-corrected chi connectivity index (χ2v) is 8.02. The summed E-state index contributed by atoms with van der Waals surface area (Å²) < 4.78 is 0. The lowest BCUT2D eigenvalue weighted by atomic mass is 9.68. The van der Waals surface area contributed by atoms with E-state index < -0.39 is 0 Å². The Morgan fingerprint density at radius 3 is 2.60 bits per heavy atom. The third kappa shape index (κ3) is 2.76. The Morgan fingerprint density at radius 1 is 1.24 bits per heavy atom. The van der Waals surface area contributed by atoms with Crippen LogP contribution in [0, 0.1) is 12.3 Å². The quantitative estimate of drug-likeness (QED) is 0.900. The van der Waals surface area contributed by atoms with Gasteiger partial charge in [0, 0.05) is 25.6 Å². The number of aryl methyl sites for hydroxylation is 1. The Labute approximate surface area is 151 Å². The maximum atomic E-state index is 12.7. The van der Waals surface area contributed by atoms with Gasteiger partial charge in [-0.3, -0.25) is 9.59 Å². The fourth-order valence-electron chi connectivity index (χ4n) is 4.23. The summed E-state index contributed by atoms with van der Waals surface area (Å²) in [6, 6.07) is 12.2. The van der Waals surface area contributed by atoms with Gasteiger partial charge in [0.15, 0.2) is 0 Å². The molecule has 2 saturated heterocycles. The molecule has 1 spiro atoms. The van der Waals surface area contributed by atoms with Crippen molar-refractivity contribution < 1.29 is 9.59 Å². The number of benzene rings is 1. The molecule has 4 nitrogen and oxygen atoms in total. The highest BCUT2D eigenvalue weighted by Gasteiger charge is 2.52. The summed E-state index contributed by atoms with van der Waals surface area (Å²) in [4.78, 5) is 28.1. The van der Waals surface area contributed by atoms with E-state index in [4.69, 9.17) is 0 Å². The van der Waals surface area contributed by atoms with E-state index in [0.717, 1.165) is 23.3 Å². The molecule has 1 aromatic carbocycles. The molecule has 1 aromatic heterocycles. The average molecular weight is 354 g/mol. The van der Waals surface area contributed by atoms with Crippen LogP contribution < -0.4 is 5.32 Å². The average Bonchev–Trinajstić information content (AvgIpc) is 3.21. The Bertz CT molecular complexity index is 791. The molecular weight excluding hydrogens is 332 g/mol. The van der Waals surface area contributed by atoms with E-state index in [2.05, 4.69) is 17.4 Å². The first-order valence-corrected chi connectivity index (χ1v) is 9.66. The number of nitrogens with zero attached hydrogens (tertiary/aromatic N) is 1. The first kappa shape index (κ1) is 16.3. The van der Waals surface area contributed by atoms with Crippen LogP contribution in [0.25, 0.3) is 0 Å². The van der Waals surface area contributed by atoms with Crippen molar-refractivity contribution in [2.75, 3.05) is 19.6 Å². The van der Waals surface area contributed by atoms with Gasteiger partial charge < -0.3 is 10.2 Å². The lowest BCUT2D eigenvalue weighted by Crippen LogP contribution is -2.47. The number of hydrogen-bond donors (Lipinski definition) is 1. The van der Waals surface area contributed by atoms with Gasteiger partial charge in [0.25, 0.3) is 5.91 Å². The van der Waals surface area contributed by atoms with E-state index in [9.17, 15) is 9.59 Å². The summed E-state index contributed by atoms with van der Waals surface area (Å²) in [6.45, 7) is 3.99. The van der Waals surface area contributed by atoms with Gasteiger partial charge in [-0.25, -0.2) is 0 Å². The van der Waals surface area contributed by atoms with E-state index in [-0.39, 0.29) is 23.1 Å². The van der Waals surface area contributed by atoms with Gasteiger partial charge in [-0.1, -0.05) is 30.3 Å². The smallest absolute Gasteiger partial charge is 0.263 e. The summed E-state index contributed by atoms with van der Waals surface area (Å²) in [7, 11) is 0. The first-order valence-electron chi connectivity index (χ1n) is 8.78. The summed E-state index contributed by atoms with van der Waals surface area (Å²) in [5.41, 5.74) is 1.97. The molecule has 3 heterocycles. The maximum Gasteiger partial charge on any atom is 0.263 e. The fraction of sp³-hybridized carbons (Fsp3) is 0.400. The topological polar surface area (TPSA) is 49.4 Å². The maximum absolute atomic E-state index is 12.7. The molecule has 0 radical (unpaired) electrons. The summed E-state index contributed by atoms with van der Waals surface area (Å²) in [5, 5.41) is 5.08. The molecule has 2 amide bonds. The number of carbonyl (C=O) groups excluding carboxylic acids is 2. The van der Waals surface area contributed by atoms with E-state index in [0.29, 0.717) is 19.6 Å². The third-order valence-electron chi connectivity index (χ3n) is 5.67. The highest BCUT2D eigenvalue weighted by molar-refractivity contribution is 7.12. The highest BCUT2D eigenvalue weighted by atomic mass is 32.1. The lowest BCUT2D eigenvalue weighted by molar-refractivity contribution is -0.130. The summed E-state index contributed by atoms with van der Waals surface area (Å²) in [6.07, 6.45) is 1.46. The zero-order valence-corrected chi connectivity index (χ0v) is 15.1. The molecule has 2 aromatic rings. The van der Waals surface area contributed by atoms with Crippen molar-refractivity contribution in [3.63, 3.8) is 0 Å². The fourth-order valence-corrected chi connectivity index (χ4v) is 5.09. The van der Waals surface area contributed by atoms with Crippen LogP contribution in [0.3, 0.4) is 0 Å². The normalized spacial score (nSPS) is 22.2. The Kier molecular flexibility index (Phi) is 4.12. The van der Waals surface area contributed by atoms with Crippen LogP contribution in [0.15, 0.2) is 41.8 Å². The van der Waals surface area contributed by atoms with Crippen molar-refractivity contribution in [2.45, 2.75) is 25.7 Å². The van der Waals surface area contributed by atoms with Crippen molar-refractivity contribution >= 4 is 23.2 Å². The van der Waals surface area contributed by atoms with Crippen molar-refractivity contribution in [1.82, 2.24) is 10.2 Å². The van der Waals surface area contributed by atoms with Crippen LogP contribution in [0.2, 0.25) is 0 Å². The van der Waals surface area contributed by atoms with Crippen LogP contribution in [-0.4, -0.2) is 36.3 Å². The number of thiophene rings is 1. The molecule has 0 bridgehead atoms. The van der Waals surface area contributed by atoms with E-state index in [1.165, 1.54) is 16.9 Å². The predicted molar refractivity (Wildman–Crippen MR) is 98.8 cm³/mol. The second kappa shape index (κ2) is 6.30. The zero-order valence-electron chi connectivity index (χ0n) is 14.3. The Morgan fingerprint density at radius 2 is 1.96 bits per heavy atom. The highest BCUT2D eigenvalue weighted by Crippen LogP contribution is 2.47. The molecule has 2 aliphatic heterocycles. The van der Waals surface area contributed by atoms with Gasteiger partial charge in [0.1, 0.15) is 0 Å². The largest absolute Gasteiger partial charge is 0.355 e. The van der Waals surface area contributed by atoms with Crippen molar-refractivity contribution in [1.29, 1.82) is 0 Å². The van der Waals surface area contributed by atoms with Gasteiger partial charge in [-0.2, -0.15) is 0 Å². The standard InChI is InChI=1S/C20H22N2O2S/c1-14-11-17(25-13-14)18(23)22-9-7-20(8-10-22)16(12-21-19(20)24)15-5-3-2-4-6-15/h2-6,11,13,16H,7-10,12H2,1H3,(H,21,24). The van der Waals surface area contributed by atoms with Crippen LogP contribution in [-0.2, 0) is 4.79 Å². The monoisotopic (exact) mass is 354 g/mol. The van der Waals surface area contributed by atoms with Gasteiger partial charge in [0.05, 0.1) is 10.3 Å². The van der Waals surface area contributed by atoms with Gasteiger partial charge in [-0.05, 0) is 42.3 Å². The first-order chi connectivity index (χ1) is 12.1. The van der Waals surface area contributed by atoms with E-state index in [1.54, 1.807) is 0 Å². The number of rotatable bonds is 2. The molecule has 2 fully saturated rings. The van der Waals surface area contributed by atoms with Crippen LogP contribution in [0.4, 0.5) is 0 Å². The summed E-state index contributed by atoms with van der Waals surface area (Å²) >= 11 is 1.50. The van der Waals surface area contributed by atoms with Gasteiger partial charge in [-0.15, -0.1) is 11.3 Å². The van der Waals surface area contributed by atoms with Crippen molar-refractivity contribution in [3.05, 3.63) is 57.8 Å².